The highest BCUT2D eigenvalue weighted by Crippen LogP contribution is 2.39. The highest BCUT2D eigenvalue weighted by atomic mass is 16.5. The normalized spacial score (nSPS) is 11.8. The van der Waals surface area contributed by atoms with Crippen LogP contribution in [0.5, 0.6) is 5.75 Å². The van der Waals surface area contributed by atoms with Gasteiger partial charge >= 0.3 is 0 Å². The van der Waals surface area contributed by atoms with E-state index in [1.165, 1.54) is 0 Å². The van der Waals surface area contributed by atoms with Gasteiger partial charge in [-0.2, -0.15) is 5.26 Å². The minimum Gasteiger partial charge on any atom is -0.496 e. The van der Waals surface area contributed by atoms with Crippen LogP contribution in [-0.4, -0.2) is 41.6 Å². The fraction of sp³-hybridized carbons (Fsp3) is 0.200. The number of nitrogens with zero attached hydrogens (tertiary/aromatic N) is 2. The molecule has 0 radical (unpaired) electrons. The number of aliphatic hydroxyl groups excluding tert-OH is 2. The van der Waals surface area contributed by atoms with Crippen molar-refractivity contribution in [2.45, 2.75) is 6.10 Å². The minimum absolute atomic E-state index is 0.125. The van der Waals surface area contributed by atoms with Crippen molar-refractivity contribution in [3.05, 3.63) is 54.2 Å². The molecule has 0 saturated carbocycles. The van der Waals surface area contributed by atoms with Gasteiger partial charge in [0, 0.05) is 17.5 Å². The molecule has 132 valence electrons. The number of ether oxygens (including phenoxy) is 1. The zero-order valence-corrected chi connectivity index (χ0v) is 14.3. The molecule has 0 bridgehead atoms. The average molecular weight is 349 g/mol. The molecule has 3 aromatic rings. The summed E-state index contributed by atoms with van der Waals surface area (Å²) in [5.41, 5.74) is 2.09. The van der Waals surface area contributed by atoms with Crippen molar-refractivity contribution in [2.75, 3.05) is 25.6 Å². The lowest BCUT2D eigenvalue weighted by atomic mass is 9.97. The molecular weight excluding hydrogens is 330 g/mol. The van der Waals surface area contributed by atoms with Crippen molar-refractivity contribution in [1.82, 2.24) is 4.98 Å². The number of hydrogen-bond acceptors (Lipinski definition) is 6. The Kier molecular flexibility index (Phi) is 5.32. The molecule has 1 aromatic heterocycles. The maximum Gasteiger partial charge on any atom is 0.143 e. The lowest BCUT2D eigenvalue weighted by molar-refractivity contribution is 0.105. The van der Waals surface area contributed by atoms with Gasteiger partial charge in [0.15, 0.2) is 0 Å². The molecule has 2 aromatic carbocycles. The summed E-state index contributed by atoms with van der Waals surface area (Å²) in [4.78, 5) is 4.31. The fourth-order valence-corrected chi connectivity index (χ4v) is 2.85. The van der Waals surface area contributed by atoms with Gasteiger partial charge in [0.25, 0.3) is 0 Å². The fourth-order valence-electron chi connectivity index (χ4n) is 2.85. The van der Waals surface area contributed by atoms with Crippen LogP contribution < -0.4 is 10.1 Å². The molecule has 6 nitrogen and oxygen atoms in total. The topological polar surface area (TPSA) is 98.4 Å². The van der Waals surface area contributed by atoms with E-state index in [4.69, 9.17) is 9.84 Å². The number of anilines is 1. The number of rotatable bonds is 6. The van der Waals surface area contributed by atoms with E-state index in [-0.39, 0.29) is 18.8 Å². The second-order valence-electron chi connectivity index (χ2n) is 5.79. The monoisotopic (exact) mass is 349 g/mol. The number of pyridine rings is 1. The molecule has 0 aliphatic rings. The number of aromatic nitrogens is 1. The van der Waals surface area contributed by atoms with Crippen LogP contribution in [-0.2, 0) is 0 Å². The van der Waals surface area contributed by atoms with Gasteiger partial charge in [0.05, 0.1) is 19.8 Å². The Morgan fingerprint density at radius 1 is 1.19 bits per heavy atom. The van der Waals surface area contributed by atoms with E-state index in [0.717, 1.165) is 21.9 Å². The van der Waals surface area contributed by atoms with E-state index >= 15 is 0 Å². The number of nitrogens with one attached hydrogen (secondary N) is 1. The summed E-state index contributed by atoms with van der Waals surface area (Å²) in [5.74, 6) is 1.17. The zero-order chi connectivity index (χ0) is 18.5. The molecule has 1 heterocycles. The van der Waals surface area contributed by atoms with Crippen molar-refractivity contribution in [1.29, 1.82) is 5.26 Å². The molecular formula is C20H19N3O3. The molecule has 0 fully saturated rings. The van der Waals surface area contributed by atoms with Crippen molar-refractivity contribution in [2.24, 2.45) is 0 Å². The van der Waals surface area contributed by atoms with Gasteiger partial charge in [-0.25, -0.2) is 4.98 Å². The van der Waals surface area contributed by atoms with Crippen molar-refractivity contribution in [3.63, 3.8) is 0 Å². The Morgan fingerprint density at radius 3 is 2.62 bits per heavy atom. The summed E-state index contributed by atoms with van der Waals surface area (Å²) < 4.78 is 5.54. The zero-order valence-electron chi connectivity index (χ0n) is 14.3. The van der Waals surface area contributed by atoms with E-state index in [0.29, 0.717) is 11.6 Å². The van der Waals surface area contributed by atoms with Gasteiger partial charge < -0.3 is 20.3 Å². The van der Waals surface area contributed by atoms with E-state index in [1.807, 2.05) is 42.5 Å². The van der Waals surface area contributed by atoms with Crippen LogP contribution in [0.1, 0.15) is 5.69 Å². The molecule has 3 rings (SSSR count). The van der Waals surface area contributed by atoms with Crippen LogP contribution in [0.3, 0.4) is 0 Å². The molecule has 0 spiro atoms. The maximum absolute atomic E-state index is 9.61. The third kappa shape index (κ3) is 3.45. The first-order chi connectivity index (χ1) is 12.7. The van der Waals surface area contributed by atoms with Crippen LogP contribution in [0.2, 0.25) is 0 Å². The van der Waals surface area contributed by atoms with E-state index < -0.39 is 6.10 Å². The van der Waals surface area contributed by atoms with Gasteiger partial charge in [-0.05, 0) is 29.1 Å². The van der Waals surface area contributed by atoms with Gasteiger partial charge in [-0.15, -0.1) is 0 Å². The van der Waals surface area contributed by atoms with Gasteiger partial charge in [0.2, 0.25) is 0 Å². The minimum atomic E-state index is -0.913. The Labute approximate surface area is 151 Å². The Hall–Kier alpha value is -3.14. The predicted molar refractivity (Wildman–Crippen MR) is 100 cm³/mol. The summed E-state index contributed by atoms with van der Waals surface area (Å²) >= 11 is 0. The quantitative estimate of drug-likeness (QED) is 0.633. The molecule has 3 N–H and O–H groups in total. The third-order valence-corrected chi connectivity index (χ3v) is 4.09. The highest BCUT2D eigenvalue weighted by molar-refractivity contribution is 6.04. The number of benzene rings is 2. The predicted octanol–water partition coefficient (Wildman–Crippen LogP) is 2.55. The van der Waals surface area contributed by atoms with Crippen LogP contribution in [0.15, 0.2) is 48.5 Å². The van der Waals surface area contributed by atoms with Gasteiger partial charge in [0.1, 0.15) is 23.3 Å². The molecule has 1 atom stereocenters. The van der Waals surface area contributed by atoms with E-state index in [9.17, 15) is 10.4 Å². The summed E-state index contributed by atoms with van der Waals surface area (Å²) in [7, 11) is 1.61. The Balaban J connectivity index is 2.24. The number of aliphatic hydroxyl groups is 2. The van der Waals surface area contributed by atoms with Crippen LogP contribution >= 0.6 is 0 Å². The number of hydrogen-bond donors (Lipinski definition) is 3. The number of fused-ring (bicyclic) bond motifs is 1. The summed E-state index contributed by atoms with van der Waals surface area (Å²) in [6.45, 7) is -0.230. The molecule has 0 saturated heterocycles. The molecule has 0 aliphatic carbocycles. The molecule has 26 heavy (non-hydrogen) atoms. The second-order valence-corrected chi connectivity index (χ2v) is 5.79. The van der Waals surface area contributed by atoms with Crippen LogP contribution in [0.4, 0.5) is 5.82 Å². The number of nitriles is 1. The maximum atomic E-state index is 9.61. The largest absolute Gasteiger partial charge is 0.496 e. The smallest absolute Gasteiger partial charge is 0.143 e. The van der Waals surface area contributed by atoms with Crippen LogP contribution in [0.25, 0.3) is 21.9 Å². The first-order valence-corrected chi connectivity index (χ1v) is 8.18. The summed E-state index contributed by atoms with van der Waals surface area (Å²) in [6.07, 6.45) is -0.913. The third-order valence-electron chi connectivity index (χ3n) is 4.09. The molecule has 0 aliphatic heterocycles. The van der Waals surface area contributed by atoms with E-state index in [2.05, 4.69) is 16.4 Å². The molecule has 6 heteroatoms. The van der Waals surface area contributed by atoms with Crippen molar-refractivity contribution < 1.29 is 14.9 Å². The molecule has 0 unspecified atom stereocenters. The van der Waals surface area contributed by atoms with Gasteiger partial charge in [-0.1, -0.05) is 30.3 Å². The number of methoxy groups -OCH3 is 1. The Morgan fingerprint density at radius 2 is 1.96 bits per heavy atom. The lowest BCUT2D eigenvalue weighted by Crippen LogP contribution is -2.23. The second kappa shape index (κ2) is 7.83. The Bertz CT molecular complexity index is 952. The summed E-state index contributed by atoms with van der Waals surface area (Å²) in [6, 6.07) is 17.3. The first kappa shape index (κ1) is 17.7. The van der Waals surface area contributed by atoms with E-state index in [1.54, 1.807) is 13.2 Å². The molecule has 0 amide bonds. The van der Waals surface area contributed by atoms with Crippen LogP contribution in [0, 0.1) is 11.3 Å². The van der Waals surface area contributed by atoms with Gasteiger partial charge in [-0.3, -0.25) is 0 Å². The average Bonchev–Trinajstić information content (AvgIpc) is 2.70. The first-order valence-electron chi connectivity index (χ1n) is 8.18. The lowest BCUT2D eigenvalue weighted by Gasteiger charge is -2.16. The van der Waals surface area contributed by atoms with Crippen molar-refractivity contribution >= 4 is 16.6 Å². The highest BCUT2D eigenvalue weighted by Gasteiger charge is 2.15. The SMILES string of the molecule is COc1ccc2c(NC[C@H](O)CO)nc(C#N)cc2c1-c1ccccc1. The summed E-state index contributed by atoms with van der Waals surface area (Å²) in [5, 5.41) is 32.6. The van der Waals surface area contributed by atoms with Crippen molar-refractivity contribution in [3.8, 4) is 22.9 Å². The standard InChI is InChI=1S/C20H19N3O3/c1-26-18-8-7-16-17(19(18)13-5-3-2-4-6-13)9-14(10-21)23-20(16)22-11-15(25)12-24/h2-9,15,24-25H,11-12H2,1H3,(H,22,23)/t15-/m0/s1.